The summed E-state index contributed by atoms with van der Waals surface area (Å²) in [7, 11) is 0. The van der Waals surface area contributed by atoms with Crippen molar-refractivity contribution in [3.63, 3.8) is 0 Å². The minimum absolute atomic E-state index is 0.0196. The fraction of sp³-hybridized carbons (Fsp3) is 0.364. The Morgan fingerprint density at radius 2 is 1.69 bits per heavy atom. The maximum Gasteiger partial charge on any atom is 0.279 e. The van der Waals surface area contributed by atoms with E-state index in [1.54, 1.807) is 0 Å². The number of nitriles is 1. The number of rotatable bonds is 8. The van der Waals surface area contributed by atoms with Crippen LogP contribution in [0.4, 0.5) is 5.69 Å². The monoisotopic (exact) mass is 350 g/mol. The van der Waals surface area contributed by atoms with Gasteiger partial charge in [0.2, 0.25) is 0 Å². The Kier molecular flexibility index (Phi) is 7.37. The highest BCUT2D eigenvalue weighted by atomic mass is 16.1. The van der Waals surface area contributed by atoms with Gasteiger partial charge >= 0.3 is 0 Å². The highest BCUT2D eigenvalue weighted by molar-refractivity contribution is 5.91. The van der Waals surface area contributed by atoms with Crippen molar-refractivity contribution in [2.24, 2.45) is 5.92 Å². The number of carbonyl (C=O) groups excluding carboxylic acids is 1. The molecule has 0 saturated heterocycles. The highest BCUT2D eigenvalue weighted by Crippen LogP contribution is 2.18. The van der Waals surface area contributed by atoms with Crippen molar-refractivity contribution in [1.82, 2.24) is 0 Å². The molecule has 0 bridgehead atoms. The van der Waals surface area contributed by atoms with Crippen LogP contribution in [0.3, 0.4) is 0 Å². The van der Waals surface area contributed by atoms with Crippen LogP contribution < -0.4 is 10.6 Å². The van der Waals surface area contributed by atoms with E-state index in [4.69, 9.17) is 5.26 Å². The van der Waals surface area contributed by atoms with E-state index in [0.29, 0.717) is 18.9 Å². The van der Waals surface area contributed by atoms with Crippen molar-refractivity contribution in [2.75, 3.05) is 11.9 Å². The van der Waals surface area contributed by atoms with E-state index in [-0.39, 0.29) is 11.9 Å². The molecule has 0 aliphatic carbocycles. The molecule has 26 heavy (non-hydrogen) atoms. The second-order valence-corrected chi connectivity index (χ2v) is 6.88. The summed E-state index contributed by atoms with van der Waals surface area (Å²) >= 11 is 0. The number of quaternary nitrogens is 1. The van der Waals surface area contributed by atoms with Gasteiger partial charge in [0.25, 0.3) is 5.91 Å². The number of hydrogen-bond donors (Lipinski definition) is 2. The Bertz CT molecular complexity index is 742. The van der Waals surface area contributed by atoms with Crippen molar-refractivity contribution >= 4 is 11.6 Å². The lowest BCUT2D eigenvalue weighted by Gasteiger charge is -2.20. The van der Waals surface area contributed by atoms with Gasteiger partial charge in [0.15, 0.2) is 6.54 Å². The fourth-order valence-electron chi connectivity index (χ4n) is 3.01. The van der Waals surface area contributed by atoms with Gasteiger partial charge in [-0.3, -0.25) is 4.79 Å². The first-order valence-electron chi connectivity index (χ1n) is 9.21. The standard InChI is InChI=1S/C22H27N3O/c1-4-17-5-9-19(10-6-17)22(16(2)3)24-15-21(26)25-20-11-7-18(8-12-20)13-14-23/h5-12,16,22,24H,4,13,15H2,1-3H3,(H,25,26)/p+1/t22-/m0/s1. The third-order valence-electron chi connectivity index (χ3n) is 4.57. The lowest BCUT2D eigenvalue weighted by atomic mass is 9.95. The van der Waals surface area contributed by atoms with E-state index in [1.807, 2.05) is 24.3 Å². The molecule has 1 atom stereocenters. The number of hydrogen-bond acceptors (Lipinski definition) is 2. The van der Waals surface area contributed by atoms with Gasteiger partial charge in [0.05, 0.1) is 12.5 Å². The molecule has 1 amide bonds. The van der Waals surface area contributed by atoms with Gasteiger partial charge < -0.3 is 10.6 Å². The van der Waals surface area contributed by atoms with E-state index in [0.717, 1.165) is 17.7 Å². The number of nitrogens with zero attached hydrogens (tertiary/aromatic N) is 1. The van der Waals surface area contributed by atoms with Crippen LogP contribution in [0.1, 0.15) is 43.5 Å². The van der Waals surface area contributed by atoms with E-state index >= 15 is 0 Å². The number of nitrogens with two attached hydrogens (primary N) is 1. The van der Waals surface area contributed by atoms with Gasteiger partial charge in [-0.05, 0) is 29.7 Å². The van der Waals surface area contributed by atoms with Crippen LogP contribution in [0.15, 0.2) is 48.5 Å². The van der Waals surface area contributed by atoms with Crippen molar-refractivity contribution in [3.05, 3.63) is 65.2 Å². The second kappa shape index (κ2) is 9.74. The lowest BCUT2D eigenvalue weighted by Crippen LogP contribution is -2.88. The number of amides is 1. The summed E-state index contributed by atoms with van der Waals surface area (Å²) in [5, 5.41) is 13.7. The normalized spacial score (nSPS) is 11.8. The summed E-state index contributed by atoms with van der Waals surface area (Å²) in [5.41, 5.74) is 4.30. The molecule has 0 heterocycles. The topological polar surface area (TPSA) is 69.5 Å². The Morgan fingerprint density at radius 3 is 2.23 bits per heavy atom. The van der Waals surface area contributed by atoms with E-state index in [1.165, 1.54) is 11.1 Å². The molecule has 136 valence electrons. The number of aryl methyl sites for hydroxylation is 1. The fourth-order valence-corrected chi connectivity index (χ4v) is 3.01. The van der Waals surface area contributed by atoms with Crippen LogP contribution in [0.5, 0.6) is 0 Å². The largest absolute Gasteiger partial charge is 0.332 e. The molecule has 0 spiro atoms. The summed E-state index contributed by atoms with van der Waals surface area (Å²) in [6.45, 7) is 6.89. The maximum atomic E-state index is 12.3. The molecule has 0 radical (unpaired) electrons. The summed E-state index contributed by atoms with van der Waals surface area (Å²) in [5.74, 6) is 0.411. The summed E-state index contributed by atoms with van der Waals surface area (Å²) in [6.07, 6.45) is 1.42. The van der Waals surface area contributed by atoms with Crippen molar-refractivity contribution < 1.29 is 10.1 Å². The Labute approximate surface area is 156 Å². The zero-order valence-corrected chi connectivity index (χ0v) is 15.8. The number of nitrogens with one attached hydrogen (secondary N) is 1. The zero-order valence-electron chi connectivity index (χ0n) is 15.8. The molecular formula is C22H28N3O+. The predicted molar refractivity (Wildman–Crippen MR) is 105 cm³/mol. The van der Waals surface area contributed by atoms with Gasteiger partial charge in [0, 0.05) is 17.2 Å². The van der Waals surface area contributed by atoms with E-state index in [9.17, 15) is 4.79 Å². The molecule has 0 aliphatic heterocycles. The zero-order chi connectivity index (χ0) is 18.9. The smallest absolute Gasteiger partial charge is 0.279 e. The number of carbonyl (C=O) groups is 1. The summed E-state index contributed by atoms with van der Waals surface area (Å²) in [4.78, 5) is 12.3. The van der Waals surface area contributed by atoms with Gasteiger partial charge in [-0.1, -0.05) is 57.2 Å². The minimum Gasteiger partial charge on any atom is -0.332 e. The third kappa shape index (κ3) is 5.72. The van der Waals surface area contributed by atoms with Crippen LogP contribution in [-0.2, 0) is 17.6 Å². The molecule has 2 aromatic rings. The van der Waals surface area contributed by atoms with Gasteiger partial charge in [0.1, 0.15) is 6.04 Å². The second-order valence-electron chi connectivity index (χ2n) is 6.88. The summed E-state index contributed by atoms with van der Waals surface area (Å²) in [6, 6.07) is 18.5. The highest BCUT2D eigenvalue weighted by Gasteiger charge is 2.20. The van der Waals surface area contributed by atoms with Crippen LogP contribution in [0.2, 0.25) is 0 Å². The minimum atomic E-state index is -0.0196. The number of anilines is 1. The van der Waals surface area contributed by atoms with E-state index in [2.05, 4.69) is 61.7 Å². The maximum absolute atomic E-state index is 12.3. The van der Waals surface area contributed by atoms with Gasteiger partial charge in [-0.2, -0.15) is 5.26 Å². The average molecular weight is 350 g/mol. The molecule has 4 heteroatoms. The van der Waals surface area contributed by atoms with Crippen LogP contribution in [-0.4, -0.2) is 12.5 Å². The molecule has 0 unspecified atom stereocenters. The Hall–Kier alpha value is -2.64. The van der Waals surface area contributed by atoms with Crippen molar-refractivity contribution in [1.29, 1.82) is 5.26 Å². The molecule has 0 aromatic heterocycles. The quantitative estimate of drug-likeness (QED) is 0.767. The lowest BCUT2D eigenvalue weighted by molar-refractivity contribution is -0.692. The number of benzene rings is 2. The van der Waals surface area contributed by atoms with Crippen LogP contribution >= 0.6 is 0 Å². The molecule has 0 fully saturated rings. The van der Waals surface area contributed by atoms with Gasteiger partial charge in [-0.15, -0.1) is 0 Å². The Balaban J connectivity index is 1.93. The average Bonchev–Trinajstić information content (AvgIpc) is 2.64. The van der Waals surface area contributed by atoms with Crippen LogP contribution in [0.25, 0.3) is 0 Å². The molecule has 4 nitrogen and oxygen atoms in total. The van der Waals surface area contributed by atoms with E-state index < -0.39 is 0 Å². The molecule has 3 N–H and O–H groups in total. The predicted octanol–water partition coefficient (Wildman–Crippen LogP) is 3.21. The summed E-state index contributed by atoms with van der Waals surface area (Å²) < 4.78 is 0. The molecule has 2 aromatic carbocycles. The molecular weight excluding hydrogens is 322 g/mol. The first-order chi connectivity index (χ1) is 12.5. The molecule has 0 saturated carbocycles. The van der Waals surface area contributed by atoms with Crippen LogP contribution in [0, 0.1) is 17.2 Å². The SMILES string of the molecule is CCc1ccc([C@@H]([NH2+]CC(=O)Nc2ccc(CC#N)cc2)C(C)C)cc1. The third-order valence-corrected chi connectivity index (χ3v) is 4.57. The molecule has 2 rings (SSSR count). The van der Waals surface area contributed by atoms with Gasteiger partial charge in [-0.25, -0.2) is 0 Å². The first-order valence-corrected chi connectivity index (χ1v) is 9.21. The van der Waals surface area contributed by atoms with Crippen molar-refractivity contribution in [2.45, 2.75) is 39.7 Å². The first kappa shape index (κ1) is 19.7. The Morgan fingerprint density at radius 1 is 1.08 bits per heavy atom. The van der Waals surface area contributed by atoms with Crippen molar-refractivity contribution in [3.8, 4) is 6.07 Å². The molecule has 0 aliphatic rings.